The van der Waals surface area contributed by atoms with Crippen LogP contribution in [-0.2, 0) is 9.31 Å². The Bertz CT molecular complexity index is 487. The fourth-order valence-electron chi connectivity index (χ4n) is 2.04. The molecule has 0 amide bonds. The summed E-state index contributed by atoms with van der Waals surface area (Å²) in [4.78, 5) is 4.43. The fourth-order valence-corrected chi connectivity index (χ4v) is 2.04. The summed E-state index contributed by atoms with van der Waals surface area (Å²) >= 11 is 0. The number of hydrogen-bond acceptors (Lipinski definition) is 5. The van der Waals surface area contributed by atoms with Crippen molar-refractivity contribution in [1.82, 2.24) is 4.98 Å². The average Bonchev–Trinajstić information content (AvgIpc) is 2.58. The molecule has 0 N–H and O–H groups in total. The lowest BCUT2D eigenvalue weighted by Crippen LogP contribution is -2.41. The van der Waals surface area contributed by atoms with E-state index in [9.17, 15) is 0 Å². The molecule has 1 saturated heterocycles. The molecule has 0 radical (unpaired) electrons. The monoisotopic (exact) mass is 263 g/mol. The van der Waals surface area contributed by atoms with Crippen molar-refractivity contribution in [3.8, 4) is 11.6 Å². The van der Waals surface area contributed by atoms with Gasteiger partial charge in [0.15, 0.2) is 5.75 Å². The largest absolute Gasteiger partial charge is 0.514 e. The molecule has 0 unspecified atom stereocenters. The molecule has 0 bridgehead atoms. The summed E-state index contributed by atoms with van der Waals surface area (Å²) in [6.07, 6.45) is 0. The molecular weight excluding hydrogens is 245 g/mol. The standard InChI is InChI=1S/C13H18BNO4/c1-12(2)13(3,4)19-14(18-12)10-6-5-9-11(15-10)17-8-7-16-9/h5-6H,7-8H2,1-4H3. The lowest BCUT2D eigenvalue weighted by molar-refractivity contribution is 0.00578. The second kappa shape index (κ2) is 4.11. The third kappa shape index (κ3) is 2.09. The first-order chi connectivity index (χ1) is 8.89. The Labute approximate surface area is 113 Å². The van der Waals surface area contributed by atoms with Gasteiger partial charge in [-0.25, -0.2) is 4.98 Å². The molecule has 2 aliphatic heterocycles. The van der Waals surface area contributed by atoms with E-state index in [2.05, 4.69) is 4.98 Å². The SMILES string of the molecule is CC1(C)OB(c2ccc3c(n2)OCCO3)OC1(C)C. The molecule has 0 saturated carbocycles. The minimum atomic E-state index is -0.471. The number of ether oxygens (including phenoxy) is 2. The smallest absolute Gasteiger partial charge is 0.484 e. The van der Waals surface area contributed by atoms with Crippen molar-refractivity contribution in [3.05, 3.63) is 12.1 Å². The van der Waals surface area contributed by atoms with Gasteiger partial charge in [-0.3, -0.25) is 0 Å². The van der Waals surface area contributed by atoms with Crippen molar-refractivity contribution in [3.63, 3.8) is 0 Å². The summed E-state index contributed by atoms with van der Waals surface area (Å²) in [5.74, 6) is 1.19. The molecule has 2 aliphatic rings. The zero-order valence-electron chi connectivity index (χ0n) is 11.7. The van der Waals surface area contributed by atoms with Gasteiger partial charge < -0.3 is 18.8 Å². The second-order valence-electron chi connectivity index (χ2n) is 5.82. The van der Waals surface area contributed by atoms with Crippen LogP contribution in [0.4, 0.5) is 0 Å². The maximum Gasteiger partial charge on any atom is 0.514 e. The molecular formula is C13H18BNO4. The number of pyridine rings is 1. The molecule has 19 heavy (non-hydrogen) atoms. The summed E-state index contributed by atoms with van der Waals surface area (Å²) in [5, 5.41) is 0. The Morgan fingerprint density at radius 3 is 2.32 bits per heavy atom. The van der Waals surface area contributed by atoms with Crippen LogP contribution in [-0.4, -0.2) is 36.5 Å². The molecule has 3 heterocycles. The van der Waals surface area contributed by atoms with E-state index in [4.69, 9.17) is 18.8 Å². The topological polar surface area (TPSA) is 49.8 Å². The van der Waals surface area contributed by atoms with E-state index >= 15 is 0 Å². The van der Waals surface area contributed by atoms with Crippen molar-refractivity contribution in [1.29, 1.82) is 0 Å². The van der Waals surface area contributed by atoms with E-state index in [1.165, 1.54) is 0 Å². The molecule has 0 aromatic carbocycles. The Morgan fingerprint density at radius 2 is 1.63 bits per heavy atom. The third-order valence-corrected chi connectivity index (χ3v) is 3.92. The molecule has 6 heteroatoms. The first-order valence-electron chi connectivity index (χ1n) is 6.51. The molecule has 3 rings (SSSR count). The van der Waals surface area contributed by atoms with Gasteiger partial charge in [-0.1, -0.05) is 0 Å². The molecule has 102 valence electrons. The van der Waals surface area contributed by atoms with Crippen LogP contribution >= 0.6 is 0 Å². The van der Waals surface area contributed by atoms with Gasteiger partial charge in [-0.2, -0.15) is 0 Å². The molecule has 1 aromatic heterocycles. The minimum Gasteiger partial charge on any atom is -0.484 e. The van der Waals surface area contributed by atoms with E-state index in [1.54, 1.807) is 0 Å². The Hall–Kier alpha value is -1.27. The maximum atomic E-state index is 5.96. The fraction of sp³-hybridized carbons (Fsp3) is 0.615. The molecule has 1 fully saturated rings. The van der Waals surface area contributed by atoms with E-state index in [1.807, 2.05) is 39.8 Å². The molecule has 0 spiro atoms. The first-order valence-corrected chi connectivity index (χ1v) is 6.51. The Kier molecular flexibility index (Phi) is 2.76. The van der Waals surface area contributed by atoms with Crippen LogP contribution in [0.25, 0.3) is 0 Å². The van der Waals surface area contributed by atoms with Crippen LogP contribution in [0.15, 0.2) is 12.1 Å². The van der Waals surface area contributed by atoms with E-state index in [0.717, 1.165) is 0 Å². The number of aromatic nitrogens is 1. The lowest BCUT2D eigenvalue weighted by Gasteiger charge is -2.32. The highest BCUT2D eigenvalue weighted by Crippen LogP contribution is 2.36. The maximum absolute atomic E-state index is 5.96. The number of rotatable bonds is 1. The second-order valence-corrected chi connectivity index (χ2v) is 5.82. The van der Waals surface area contributed by atoms with Gasteiger partial charge in [-0.05, 0) is 39.8 Å². The highest BCUT2D eigenvalue weighted by atomic mass is 16.7. The van der Waals surface area contributed by atoms with Gasteiger partial charge in [0, 0.05) is 0 Å². The van der Waals surface area contributed by atoms with Gasteiger partial charge in [0.05, 0.1) is 16.8 Å². The van der Waals surface area contributed by atoms with Crippen LogP contribution in [0.1, 0.15) is 27.7 Å². The minimum absolute atomic E-state index is 0.368. The molecule has 0 atom stereocenters. The summed E-state index contributed by atoms with van der Waals surface area (Å²) in [6, 6.07) is 3.71. The van der Waals surface area contributed by atoms with Crippen LogP contribution in [0, 0.1) is 0 Å². The molecule has 5 nitrogen and oxygen atoms in total. The van der Waals surface area contributed by atoms with Crippen molar-refractivity contribution < 1.29 is 18.8 Å². The zero-order valence-corrected chi connectivity index (χ0v) is 11.7. The Balaban J connectivity index is 1.88. The normalized spacial score (nSPS) is 23.5. The van der Waals surface area contributed by atoms with Crippen molar-refractivity contribution in [2.45, 2.75) is 38.9 Å². The highest BCUT2D eigenvalue weighted by Gasteiger charge is 2.52. The zero-order chi connectivity index (χ0) is 13.7. The number of hydrogen-bond donors (Lipinski definition) is 0. The summed E-state index contributed by atoms with van der Waals surface area (Å²) < 4.78 is 22.9. The molecule has 1 aromatic rings. The predicted molar refractivity (Wildman–Crippen MR) is 70.9 cm³/mol. The number of nitrogens with zero attached hydrogens (tertiary/aromatic N) is 1. The van der Waals surface area contributed by atoms with Crippen molar-refractivity contribution in [2.24, 2.45) is 0 Å². The molecule has 0 aliphatic carbocycles. The third-order valence-electron chi connectivity index (χ3n) is 3.92. The predicted octanol–water partition coefficient (Wildman–Crippen LogP) is 1.15. The summed E-state index contributed by atoms with van der Waals surface area (Å²) in [5.41, 5.74) is -0.0259. The lowest BCUT2D eigenvalue weighted by atomic mass is 9.84. The van der Waals surface area contributed by atoms with Crippen molar-refractivity contribution in [2.75, 3.05) is 13.2 Å². The van der Waals surface area contributed by atoms with Gasteiger partial charge in [0.25, 0.3) is 5.88 Å². The average molecular weight is 263 g/mol. The van der Waals surface area contributed by atoms with Crippen LogP contribution in [0.2, 0.25) is 0 Å². The van der Waals surface area contributed by atoms with E-state index in [-0.39, 0.29) is 11.2 Å². The summed E-state index contributed by atoms with van der Waals surface area (Å²) in [7, 11) is -0.471. The Morgan fingerprint density at radius 1 is 1.00 bits per heavy atom. The van der Waals surface area contributed by atoms with Gasteiger partial charge in [0.2, 0.25) is 0 Å². The van der Waals surface area contributed by atoms with E-state index < -0.39 is 7.12 Å². The van der Waals surface area contributed by atoms with Crippen LogP contribution in [0.5, 0.6) is 11.6 Å². The van der Waals surface area contributed by atoms with Gasteiger partial charge in [0.1, 0.15) is 13.2 Å². The van der Waals surface area contributed by atoms with Gasteiger partial charge in [-0.15, -0.1) is 0 Å². The number of fused-ring (bicyclic) bond motifs is 1. The first kappa shape index (κ1) is 12.8. The van der Waals surface area contributed by atoms with Gasteiger partial charge >= 0.3 is 7.12 Å². The van der Waals surface area contributed by atoms with Crippen LogP contribution < -0.4 is 15.1 Å². The highest BCUT2D eigenvalue weighted by molar-refractivity contribution is 6.61. The quantitative estimate of drug-likeness (QED) is 0.711. The summed E-state index contributed by atoms with van der Waals surface area (Å²) in [6.45, 7) is 9.16. The van der Waals surface area contributed by atoms with E-state index in [0.29, 0.717) is 30.4 Å². The van der Waals surface area contributed by atoms with Crippen LogP contribution in [0.3, 0.4) is 0 Å². The van der Waals surface area contributed by atoms with Crippen molar-refractivity contribution >= 4 is 12.7 Å².